The van der Waals surface area contributed by atoms with Crippen LogP contribution >= 0.6 is 0 Å². The van der Waals surface area contributed by atoms with Gasteiger partial charge < -0.3 is 24.8 Å². The molecule has 1 heterocycles. The lowest BCUT2D eigenvalue weighted by atomic mass is 10.1. The number of hydrogen-bond donors (Lipinski definition) is 2. The molecule has 0 aliphatic rings. The summed E-state index contributed by atoms with van der Waals surface area (Å²) in [6.07, 6.45) is 2.72. The first-order chi connectivity index (χ1) is 18.4. The second-order valence-corrected chi connectivity index (χ2v) is 9.82. The van der Waals surface area contributed by atoms with E-state index < -0.39 is 0 Å². The van der Waals surface area contributed by atoms with Gasteiger partial charge in [0.05, 0.1) is 12.8 Å². The van der Waals surface area contributed by atoms with Crippen LogP contribution in [0.4, 0.5) is 10.5 Å². The number of rotatable bonds is 11. The number of aromatic nitrogens is 1. The monoisotopic (exact) mass is 512 g/mol. The molecule has 4 aromatic rings. The molecule has 7 nitrogen and oxygen atoms in total. The van der Waals surface area contributed by atoms with Crippen molar-refractivity contribution in [2.45, 2.75) is 26.8 Å². The molecule has 0 aliphatic carbocycles. The van der Waals surface area contributed by atoms with Gasteiger partial charge in [0, 0.05) is 36.7 Å². The third-order valence-corrected chi connectivity index (χ3v) is 6.44. The molecule has 0 bridgehead atoms. The predicted octanol–water partition coefficient (Wildman–Crippen LogP) is 5.94. The lowest BCUT2D eigenvalue weighted by molar-refractivity contribution is -0.132. The number of methoxy groups -OCH3 is 1. The number of carbonyl (C=O) groups excluding carboxylic acids is 2. The standard InChI is InChI=1S/C31H36N4O3/c1-23(2)20-35(31(37)33-28-15-9-10-16-29(28)38-3)22-30(36)34(21-24-11-5-4-6-12-24)18-17-25-19-32-27-14-8-7-13-26(25)27/h4-16,19,23,32H,17-18,20-22H2,1-3H3,(H,33,37). The number of benzene rings is 3. The van der Waals surface area contributed by atoms with Crippen molar-refractivity contribution in [3.8, 4) is 5.75 Å². The highest BCUT2D eigenvalue weighted by atomic mass is 16.5. The maximum Gasteiger partial charge on any atom is 0.322 e. The summed E-state index contributed by atoms with van der Waals surface area (Å²) in [7, 11) is 1.57. The number of amides is 3. The van der Waals surface area contributed by atoms with E-state index in [1.165, 1.54) is 5.56 Å². The van der Waals surface area contributed by atoms with Crippen molar-refractivity contribution in [2.24, 2.45) is 5.92 Å². The molecule has 0 aliphatic heterocycles. The van der Waals surface area contributed by atoms with Crippen molar-refractivity contribution < 1.29 is 14.3 Å². The first-order valence-corrected chi connectivity index (χ1v) is 13.0. The fourth-order valence-corrected chi connectivity index (χ4v) is 4.56. The van der Waals surface area contributed by atoms with Gasteiger partial charge in [-0.25, -0.2) is 4.79 Å². The molecule has 3 amide bonds. The molecule has 0 saturated heterocycles. The average Bonchev–Trinajstić information content (AvgIpc) is 3.34. The Labute approximate surface area is 224 Å². The zero-order chi connectivity index (χ0) is 26.9. The summed E-state index contributed by atoms with van der Waals surface area (Å²) in [5.41, 5.74) is 3.87. The zero-order valence-corrected chi connectivity index (χ0v) is 22.3. The number of hydrogen-bond acceptors (Lipinski definition) is 3. The van der Waals surface area contributed by atoms with Crippen LogP contribution in [0.15, 0.2) is 85.1 Å². The number of ether oxygens (including phenoxy) is 1. The second kappa shape index (κ2) is 12.8. The summed E-state index contributed by atoms with van der Waals surface area (Å²) < 4.78 is 5.38. The first-order valence-electron chi connectivity index (χ1n) is 13.0. The van der Waals surface area contributed by atoms with Gasteiger partial charge in [0.1, 0.15) is 12.3 Å². The van der Waals surface area contributed by atoms with E-state index in [9.17, 15) is 9.59 Å². The van der Waals surface area contributed by atoms with Crippen molar-refractivity contribution in [1.82, 2.24) is 14.8 Å². The number of anilines is 1. The quantitative estimate of drug-likeness (QED) is 0.261. The van der Waals surface area contributed by atoms with Gasteiger partial charge in [0.2, 0.25) is 5.91 Å². The Kier molecular flexibility index (Phi) is 9.03. The number of urea groups is 1. The Balaban J connectivity index is 1.51. The number of aromatic amines is 1. The highest BCUT2D eigenvalue weighted by molar-refractivity contribution is 5.93. The van der Waals surface area contributed by atoms with E-state index in [4.69, 9.17) is 4.74 Å². The molecule has 0 unspecified atom stereocenters. The minimum absolute atomic E-state index is 0.0140. The third kappa shape index (κ3) is 6.94. The maximum absolute atomic E-state index is 13.7. The molecule has 7 heteroatoms. The van der Waals surface area contributed by atoms with Gasteiger partial charge in [0.25, 0.3) is 0 Å². The first kappa shape index (κ1) is 26.8. The average molecular weight is 513 g/mol. The molecule has 2 N–H and O–H groups in total. The lowest BCUT2D eigenvalue weighted by Crippen LogP contribution is -2.46. The fraction of sp³-hybridized carbons (Fsp3) is 0.290. The minimum atomic E-state index is -0.326. The number of fused-ring (bicyclic) bond motifs is 1. The van der Waals surface area contributed by atoms with Crippen LogP contribution in [0.1, 0.15) is 25.0 Å². The van der Waals surface area contributed by atoms with Crippen molar-refractivity contribution in [2.75, 3.05) is 32.1 Å². The van der Waals surface area contributed by atoms with E-state index in [1.54, 1.807) is 24.1 Å². The Hall–Kier alpha value is -4.26. The summed E-state index contributed by atoms with van der Waals surface area (Å²) in [4.78, 5) is 33.8. The number of nitrogens with one attached hydrogen (secondary N) is 2. The number of para-hydroxylation sites is 3. The fourth-order valence-electron chi connectivity index (χ4n) is 4.56. The third-order valence-electron chi connectivity index (χ3n) is 6.44. The Bertz CT molecular complexity index is 1350. The molecule has 0 saturated carbocycles. The van der Waals surface area contributed by atoms with E-state index in [2.05, 4.69) is 22.4 Å². The van der Waals surface area contributed by atoms with E-state index in [1.807, 2.05) is 79.5 Å². The Morgan fingerprint density at radius 2 is 1.63 bits per heavy atom. The van der Waals surface area contributed by atoms with Crippen LogP contribution in [0.5, 0.6) is 5.75 Å². The van der Waals surface area contributed by atoms with Gasteiger partial charge >= 0.3 is 6.03 Å². The van der Waals surface area contributed by atoms with Crippen molar-refractivity contribution in [3.05, 3.63) is 96.2 Å². The van der Waals surface area contributed by atoms with Crippen LogP contribution < -0.4 is 10.1 Å². The van der Waals surface area contributed by atoms with Crippen molar-refractivity contribution in [3.63, 3.8) is 0 Å². The van der Waals surface area contributed by atoms with Gasteiger partial charge in [-0.15, -0.1) is 0 Å². The van der Waals surface area contributed by atoms with Crippen LogP contribution in [0.3, 0.4) is 0 Å². The van der Waals surface area contributed by atoms with Crippen LogP contribution in [-0.4, -0.2) is 53.5 Å². The molecule has 0 spiro atoms. The molecule has 1 aromatic heterocycles. The van der Waals surface area contributed by atoms with Crippen LogP contribution in [0.2, 0.25) is 0 Å². The zero-order valence-electron chi connectivity index (χ0n) is 22.3. The van der Waals surface area contributed by atoms with Gasteiger partial charge in [0.15, 0.2) is 0 Å². The highest BCUT2D eigenvalue weighted by Gasteiger charge is 2.23. The summed E-state index contributed by atoms with van der Waals surface area (Å²) in [5, 5.41) is 4.09. The van der Waals surface area contributed by atoms with E-state index in [-0.39, 0.29) is 24.4 Å². The van der Waals surface area contributed by atoms with Crippen molar-refractivity contribution >= 4 is 28.5 Å². The van der Waals surface area contributed by atoms with E-state index >= 15 is 0 Å². The number of H-pyrrole nitrogens is 1. The molecular formula is C31H36N4O3. The SMILES string of the molecule is COc1ccccc1NC(=O)N(CC(=O)N(CCc1c[nH]c2ccccc12)Cc1ccccc1)CC(C)C. The molecule has 198 valence electrons. The van der Waals surface area contributed by atoms with Gasteiger partial charge in [-0.3, -0.25) is 4.79 Å². The molecule has 3 aromatic carbocycles. The summed E-state index contributed by atoms with van der Waals surface area (Å²) in [6.45, 7) is 5.53. The maximum atomic E-state index is 13.7. The molecule has 4 rings (SSSR count). The molecule has 0 fully saturated rings. The number of nitrogens with zero attached hydrogens (tertiary/aromatic N) is 2. The van der Waals surface area contributed by atoms with Gasteiger partial charge in [-0.05, 0) is 41.7 Å². The molecule has 0 atom stereocenters. The largest absolute Gasteiger partial charge is 0.495 e. The normalized spacial score (nSPS) is 10.9. The number of carbonyl (C=O) groups is 2. The van der Waals surface area contributed by atoms with Gasteiger partial charge in [-0.1, -0.05) is 74.5 Å². The predicted molar refractivity (Wildman–Crippen MR) is 152 cm³/mol. The minimum Gasteiger partial charge on any atom is -0.495 e. The summed E-state index contributed by atoms with van der Waals surface area (Å²) >= 11 is 0. The van der Waals surface area contributed by atoms with E-state index in [0.29, 0.717) is 37.5 Å². The molecular weight excluding hydrogens is 476 g/mol. The van der Waals surface area contributed by atoms with E-state index in [0.717, 1.165) is 16.5 Å². The summed E-state index contributed by atoms with van der Waals surface area (Å²) in [5.74, 6) is 0.672. The van der Waals surface area contributed by atoms with Crippen LogP contribution in [0, 0.1) is 5.92 Å². The van der Waals surface area contributed by atoms with Crippen molar-refractivity contribution in [1.29, 1.82) is 0 Å². The smallest absolute Gasteiger partial charge is 0.322 e. The topological polar surface area (TPSA) is 77.7 Å². The summed E-state index contributed by atoms with van der Waals surface area (Å²) in [6, 6.07) is 25.1. The van der Waals surface area contributed by atoms with Crippen LogP contribution in [0.25, 0.3) is 10.9 Å². The van der Waals surface area contributed by atoms with Crippen LogP contribution in [-0.2, 0) is 17.8 Å². The molecule has 38 heavy (non-hydrogen) atoms. The van der Waals surface area contributed by atoms with Gasteiger partial charge in [-0.2, -0.15) is 0 Å². The Morgan fingerprint density at radius 1 is 0.921 bits per heavy atom. The molecule has 0 radical (unpaired) electrons. The highest BCUT2D eigenvalue weighted by Crippen LogP contribution is 2.24. The lowest BCUT2D eigenvalue weighted by Gasteiger charge is -2.29. The Morgan fingerprint density at radius 3 is 2.39 bits per heavy atom. The second-order valence-electron chi connectivity index (χ2n) is 9.82.